The predicted molar refractivity (Wildman–Crippen MR) is 62.8 cm³/mol. The Balaban J connectivity index is 2.36. The number of aryl methyl sites for hydroxylation is 1. The Morgan fingerprint density at radius 1 is 1.31 bits per heavy atom. The maximum Gasteiger partial charge on any atom is 0.152 e. The van der Waals surface area contributed by atoms with E-state index in [9.17, 15) is 0 Å². The lowest BCUT2D eigenvalue weighted by molar-refractivity contribution is 0.812. The van der Waals surface area contributed by atoms with E-state index in [0.29, 0.717) is 18.8 Å². The van der Waals surface area contributed by atoms with Gasteiger partial charge in [0.1, 0.15) is 0 Å². The molecule has 0 radical (unpaired) electrons. The second-order valence-electron chi connectivity index (χ2n) is 3.67. The first kappa shape index (κ1) is 10.7. The molecule has 2 rings (SSSR count). The minimum absolute atomic E-state index is 0.541. The van der Waals surface area contributed by atoms with E-state index in [1.165, 1.54) is 5.56 Å². The molecule has 1 aromatic heterocycles. The molecule has 1 heterocycles. The Labute approximate surface area is 94.6 Å². The van der Waals surface area contributed by atoms with Crippen molar-refractivity contribution < 1.29 is 0 Å². The summed E-state index contributed by atoms with van der Waals surface area (Å²) in [7, 11) is 0. The van der Waals surface area contributed by atoms with Crippen LogP contribution in [0.3, 0.4) is 0 Å². The van der Waals surface area contributed by atoms with E-state index in [1.807, 2.05) is 12.1 Å². The minimum atomic E-state index is 0.541. The highest BCUT2D eigenvalue weighted by molar-refractivity contribution is 5.58. The summed E-state index contributed by atoms with van der Waals surface area (Å²) in [5.74, 6) is 0.696. The number of rotatable bonds is 3. The van der Waals surface area contributed by atoms with E-state index in [1.54, 1.807) is 6.20 Å². The third-order valence-electron chi connectivity index (χ3n) is 2.28. The first-order valence-electron chi connectivity index (χ1n) is 5.25. The van der Waals surface area contributed by atoms with Crippen molar-refractivity contribution in [3.05, 3.63) is 41.9 Å². The van der Waals surface area contributed by atoms with E-state index >= 15 is 0 Å². The van der Waals surface area contributed by atoms with Crippen molar-refractivity contribution in [3.63, 3.8) is 0 Å². The van der Waals surface area contributed by atoms with Crippen molar-refractivity contribution in [2.75, 3.05) is 6.54 Å². The number of hydrogen-bond donors (Lipinski definition) is 1. The fourth-order valence-electron chi connectivity index (χ4n) is 1.52. The zero-order valence-electron chi connectivity index (χ0n) is 9.22. The maximum atomic E-state index is 5.47. The van der Waals surface area contributed by atoms with Crippen LogP contribution in [0.5, 0.6) is 0 Å². The van der Waals surface area contributed by atoms with E-state index in [-0.39, 0.29) is 0 Å². The zero-order chi connectivity index (χ0) is 11.4. The summed E-state index contributed by atoms with van der Waals surface area (Å²) in [6, 6.07) is 8.16. The van der Waals surface area contributed by atoms with Crippen LogP contribution in [0.1, 0.15) is 11.4 Å². The lowest BCUT2D eigenvalue weighted by Crippen LogP contribution is -2.07. The molecule has 4 nitrogen and oxygen atoms in total. The van der Waals surface area contributed by atoms with Gasteiger partial charge in [-0.05, 0) is 19.5 Å². The maximum absolute atomic E-state index is 5.47. The Morgan fingerprint density at radius 2 is 2.19 bits per heavy atom. The van der Waals surface area contributed by atoms with Crippen LogP contribution in [0.15, 0.2) is 30.5 Å². The average molecular weight is 214 g/mol. The van der Waals surface area contributed by atoms with Gasteiger partial charge in [-0.25, -0.2) is 4.98 Å². The molecule has 2 N–H and O–H groups in total. The molecule has 2 aromatic rings. The largest absolute Gasteiger partial charge is 0.330 e. The van der Waals surface area contributed by atoms with Gasteiger partial charge in [-0.1, -0.05) is 23.8 Å². The van der Waals surface area contributed by atoms with Gasteiger partial charge < -0.3 is 5.73 Å². The van der Waals surface area contributed by atoms with E-state index < -0.39 is 0 Å². The summed E-state index contributed by atoms with van der Waals surface area (Å²) < 4.78 is 0. The summed E-state index contributed by atoms with van der Waals surface area (Å²) in [4.78, 5) is 4.42. The molecule has 0 spiro atoms. The van der Waals surface area contributed by atoms with E-state index in [2.05, 4.69) is 34.2 Å². The molecule has 0 fully saturated rings. The quantitative estimate of drug-likeness (QED) is 0.837. The van der Waals surface area contributed by atoms with Crippen molar-refractivity contribution >= 4 is 0 Å². The van der Waals surface area contributed by atoms with Crippen molar-refractivity contribution in [1.29, 1.82) is 0 Å². The Morgan fingerprint density at radius 3 is 2.94 bits per heavy atom. The van der Waals surface area contributed by atoms with Crippen molar-refractivity contribution in [2.45, 2.75) is 13.3 Å². The van der Waals surface area contributed by atoms with Crippen molar-refractivity contribution in [2.24, 2.45) is 5.73 Å². The first-order chi connectivity index (χ1) is 7.79. The van der Waals surface area contributed by atoms with Gasteiger partial charge in [0.2, 0.25) is 0 Å². The van der Waals surface area contributed by atoms with Crippen LogP contribution in [0.2, 0.25) is 0 Å². The molecule has 0 aliphatic carbocycles. The topological polar surface area (TPSA) is 64.7 Å². The molecule has 0 aliphatic rings. The van der Waals surface area contributed by atoms with Gasteiger partial charge in [0.15, 0.2) is 5.82 Å². The van der Waals surface area contributed by atoms with Gasteiger partial charge in [0, 0.05) is 12.0 Å². The van der Waals surface area contributed by atoms with Gasteiger partial charge >= 0.3 is 0 Å². The molecule has 0 amide bonds. The molecule has 0 saturated heterocycles. The Kier molecular flexibility index (Phi) is 3.22. The number of nitrogens with zero attached hydrogens (tertiary/aromatic N) is 3. The minimum Gasteiger partial charge on any atom is -0.330 e. The number of hydrogen-bond acceptors (Lipinski definition) is 4. The molecule has 0 bridgehead atoms. The van der Waals surface area contributed by atoms with E-state index in [0.717, 1.165) is 11.3 Å². The number of nitrogens with two attached hydrogens (primary N) is 1. The molecule has 0 unspecified atom stereocenters. The smallest absolute Gasteiger partial charge is 0.152 e. The fraction of sp³-hybridized carbons (Fsp3) is 0.250. The molecular formula is C12H14N4. The van der Waals surface area contributed by atoms with Crippen molar-refractivity contribution in [3.8, 4) is 11.3 Å². The molecule has 0 atom stereocenters. The summed E-state index contributed by atoms with van der Waals surface area (Å²) in [6.45, 7) is 2.60. The van der Waals surface area contributed by atoms with Crippen LogP contribution in [0, 0.1) is 6.92 Å². The Bertz CT molecular complexity index is 482. The molecule has 0 saturated carbocycles. The highest BCUT2D eigenvalue weighted by Crippen LogP contribution is 2.16. The molecule has 16 heavy (non-hydrogen) atoms. The van der Waals surface area contributed by atoms with Crippen LogP contribution < -0.4 is 5.73 Å². The molecular weight excluding hydrogens is 200 g/mol. The monoisotopic (exact) mass is 214 g/mol. The molecule has 1 aromatic carbocycles. The zero-order valence-corrected chi connectivity index (χ0v) is 9.22. The number of aromatic nitrogens is 3. The second kappa shape index (κ2) is 4.81. The fourth-order valence-corrected chi connectivity index (χ4v) is 1.52. The Hall–Kier alpha value is -1.81. The van der Waals surface area contributed by atoms with Crippen LogP contribution in [-0.4, -0.2) is 21.7 Å². The highest BCUT2D eigenvalue weighted by Gasteiger charge is 2.02. The van der Waals surface area contributed by atoms with Gasteiger partial charge in [-0.15, -0.1) is 5.10 Å². The summed E-state index contributed by atoms with van der Waals surface area (Å²) in [6.07, 6.45) is 2.33. The average Bonchev–Trinajstić information content (AvgIpc) is 2.30. The number of benzene rings is 1. The standard InChI is InChI=1S/C12H14N4/c1-9-3-2-4-10(7-9)11-8-14-16-12(15-11)5-6-13/h2-4,7-8H,5-6,13H2,1H3. The highest BCUT2D eigenvalue weighted by atomic mass is 15.1. The van der Waals surface area contributed by atoms with Crippen LogP contribution in [0.25, 0.3) is 11.3 Å². The van der Waals surface area contributed by atoms with Crippen LogP contribution in [-0.2, 0) is 6.42 Å². The normalized spacial score (nSPS) is 10.4. The van der Waals surface area contributed by atoms with Crippen LogP contribution >= 0.6 is 0 Å². The van der Waals surface area contributed by atoms with Crippen molar-refractivity contribution in [1.82, 2.24) is 15.2 Å². The third kappa shape index (κ3) is 2.41. The molecule has 0 aliphatic heterocycles. The lowest BCUT2D eigenvalue weighted by atomic mass is 10.1. The lowest BCUT2D eigenvalue weighted by Gasteiger charge is -2.02. The van der Waals surface area contributed by atoms with Gasteiger partial charge in [0.05, 0.1) is 11.9 Å². The first-order valence-corrected chi connectivity index (χ1v) is 5.25. The second-order valence-corrected chi connectivity index (χ2v) is 3.67. The molecule has 82 valence electrons. The SMILES string of the molecule is Cc1cccc(-c2cnnc(CCN)n2)c1. The predicted octanol–water partition coefficient (Wildman–Crippen LogP) is 1.35. The van der Waals surface area contributed by atoms with Gasteiger partial charge in [-0.2, -0.15) is 5.10 Å². The van der Waals surface area contributed by atoms with Gasteiger partial charge in [0.25, 0.3) is 0 Å². The van der Waals surface area contributed by atoms with Gasteiger partial charge in [-0.3, -0.25) is 0 Å². The summed E-state index contributed by atoms with van der Waals surface area (Å²) in [5.41, 5.74) is 8.58. The summed E-state index contributed by atoms with van der Waals surface area (Å²) >= 11 is 0. The third-order valence-corrected chi connectivity index (χ3v) is 2.28. The summed E-state index contributed by atoms with van der Waals surface area (Å²) in [5, 5.41) is 7.88. The van der Waals surface area contributed by atoms with Crippen LogP contribution in [0.4, 0.5) is 0 Å². The van der Waals surface area contributed by atoms with E-state index in [4.69, 9.17) is 5.73 Å². The molecule has 4 heteroatoms.